The maximum absolute atomic E-state index is 12.9. The predicted octanol–water partition coefficient (Wildman–Crippen LogP) is 5.02. The number of aromatic amines is 1. The van der Waals surface area contributed by atoms with Crippen LogP contribution in [0.15, 0.2) is 6.07 Å². The van der Waals surface area contributed by atoms with Crippen LogP contribution in [0, 0.1) is 19.3 Å². The van der Waals surface area contributed by atoms with Crippen LogP contribution in [-0.2, 0) is 14.3 Å². The quantitative estimate of drug-likeness (QED) is 0.541. The zero-order valence-electron chi connectivity index (χ0n) is 19.7. The van der Waals surface area contributed by atoms with E-state index in [9.17, 15) is 4.79 Å². The number of rotatable bonds is 4. The number of benzene rings is 1. The minimum absolute atomic E-state index is 0.316. The molecule has 1 aromatic heterocycles. The summed E-state index contributed by atoms with van der Waals surface area (Å²) in [6, 6.07) is 2.12. The highest BCUT2D eigenvalue weighted by molar-refractivity contribution is 6.04. The number of H-pyrrole nitrogens is 1. The predicted molar refractivity (Wildman–Crippen MR) is 123 cm³/mol. The van der Waals surface area contributed by atoms with Crippen LogP contribution in [0.3, 0.4) is 0 Å². The molecule has 1 fully saturated rings. The van der Waals surface area contributed by atoms with Gasteiger partial charge >= 0.3 is 5.97 Å². The molecule has 0 amide bonds. The maximum atomic E-state index is 12.9. The fourth-order valence-electron chi connectivity index (χ4n) is 4.33. The monoisotopic (exact) mass is 415 g/mol. The number of piperidine rings is 1. The number of nitrogens with zero attached hydrogens (tertiary/aromatic N) is 1. The highest BCUT2D eigenvalue weighted by Crippen LogP contribution is 2.45. The van der Waals surface area contributed by atoms with Gasteiger partial charge in [0.25, 0.3) is 0 Å². The Balaban J connectivity index is 2.28. The van der Waals surface area contributed by atoms with Gasteiger partial charge in [-0.3, -0.25) is 0 Å². The van der Waals surface area contributed by atoms with Gasteiger partial charge in [-0.05, 0) is 64.5 Å². The molecular formula is C24H37N3O3. The number of ether oxygens (including phenoxy) is 2. The Labute approximate surface area is 180 Å². The summed E-state index contributed by atoms with van der Waals surface area (Å²) < 4.78 is 11.4. The summed E-state index contributed by atoms with van der Waals surface area (Å²) in [5.74, 6) is -0.405. The van der Waals surface area contributed by atoms with Gasteiger partial charge in [-0.25, -0.2) is 4.79 Å². The fourth-order valence-corrected chi connectivity index (χ4v) is 4.33. The summed E-state index contributed by atoms with van der Waals surface area (Å²) in [6.45, 7) is 16.3. The van der Waals surface area contributed by atoms with Gasteiger partial charge in [0.1, 0.15) is 0 Å². The first-order chi connectivity index (χ1) is 13.8. The Bertz CT molecular complexity index is 943. The molecule has 2 aromatic rings. The standard InChI is InChI=1S/C24H37N3O3/c1-14-13-16-19(26-14)18(25)15(2)17(21(22(28)29-8)30-23(3,4)5)20(16)27-11-9-24(6,7)10-12-27/h13,21,26H,9-12,25H2,1-8H3. The SMILES string of the molecule is COC(=O)C(OC(C)(C)C)c1c(C)c(N)c2[nH]c(C)cc2c1N1CCC(C)(C)CC1. The van der Waals surface area contributed by atoms with Crippen molar-refractivity contribution in [3.63, 3.8) is 0 Å². The van der Waals surface area contributed by atoms with Crippen molar-refractivity contribution in [1.29, 1.82) is 0 Å². The van der Waals surface area contributed by atoms with E-state index in [-0.39, 0.29) is 0 Å². The Hall–Kier alpha value is -2.21. The van der Waals surface area contributed by atoms with E-state index in [1.807, 2.05) is 34.6 Å². The van der Waals surface area contributed by atoms with E-state index in [1.165, 1.54) is 7.11 Å². The second-order valence-electron chi connectivity index (χ2n) is 10.3. The molecule has 0 bridgehead atoms. The number of aryl methyl sites for hydroxylation is 1. The van der Waals surface area contributed by atoms with Gasteiger partial charge in [0.15, 0.2) is 6.10 Å². The van der Waals surface area contributed by atoms with Crippen molar-refractivity contribution in [3.05, 3.63) is 22.9 Å². The first-order valence-corrected chi connectivity index (χ1v) is 10.8. The molecule has 30 heavy (non-hydrogen) atoms. The summed E-state index contributed by atoms with van der Waals surface area (Å²) in [6.07, 6.45) is 1.33. The molecule has 1 unspecified atom stereocenters. The summed E-state index contributed by atoms with van der Waals surface area (Å²) in [5.41, 5.74) is 11.7. The normalized spacial score (nSPS) is 17.9. The van der Waals surface area contributed by atoms with Crippen LogP contribution < -0.4 is 10.6 Å². The molecule has 166 valence electrons. The fraction of sp³-hybridized carbons (Fsp3) is 0.625. The van der Waals surface area contributed by atoms with Crippen LogP contribution in [-0.4, -0.2) is 36.8 Å². The lowest BCUT2D eigenvalue weighted by atomic mass is 9.82. The lowest BCUT2D eigenvalue weighted by Gasteiger charge is -2.40. The Morgan fingerprint density at radius 1 is 1.23 bits per heavy atom. The molecule has 6 heteroatoms. The molecule has 0 saturated carbocycles. The number of carbonyl (C=O) groups excluding carboxylic acids is 1. The van der Waals surface area contributed by atoms with Gasteiger partial charge in [0.2, 0.25) is 0 Å². The first kappa shape index (κ1) is 22.5. The zero-order chi connectivity index (χ0) is 22.4. The van der Waals surface area contributed by atoms with E-state index in [4.69, 9.17) is 15.2 Å². The van der Waals surface area contributed by atoms with Gasteiger partial charge in [-0.2, -0.15) is 0 Å². The van der Waals surface area contributed by atoms with Crippen LogP contribution in [0.5, 0.6) is 0 Å². The van der Waals surface area contributed by atoms with Gasteiger partial charge < -0.3 is 25.1 Å². The molecule has 1 aromatic carbocycles. The molecule has 0 radical (unpaired) electrons. The number of methoxy groups -OCH3 is 1. The molecule has 3 N–H and O–H groups in total. The second kappa shape index (κ2) is 7.80. The number of hydrogen-bond donors (Lipinski definition) is 2. The van der Waals surface area contributed by atoms with Crippen molar-refractivity contribution < 1.29 is 14.3 Å². The highest BCUT2D eigenvalue weighted by atomic mass is 16.6. The van der Waals surface area contributed by atoms with Crippen LogP contribution >= 0.6 is 0 Å². The van der Waals surface area contributed by atoms with Crippen LogP contribution in [0.25, 0.3) is 10.9 Å². The Morgan fingerprint density at radius 3 is 2.37 bits per heavy atom. The van der Waals surface area contributed by atoms with E-state index >= 15 is 0 Å². The number of carbonyl (C=O) groups is 1. The molecule has 6 nitrogen and oxygen atoms in total. The molecule has 3 rings (SSSR count). The van der Waals surface area contributed by atoms with Crippen LogP contribution in [0.1, 0.15) is 70.4 Å². The van der Waals surface area contributed by atoms with Crippen molar-refractivity contribution in [2.24, 2.45) is 5.41 Å². The van der Waals surface area contributed by atoms with Crippen molar-refractivity contribution >= 4 is 28.2 Å². The van der Waals surface area contributed by atoms with Crippen molar-refractivity contribution in [2.45, 2.75) is 73.0 Å². The van der Waals surface area contributed by atoms with E-state index in [0.717, 1.165) is 59.3 Å². The molecule has 1 saturated heterocycles. The summed E-state index contributed by atoms with van der Waals surface area (Å²) in [7, 11) is 1.40. The van der Waals surface area contributed by atoms with E-state index in [1.54, 1.807) is 0 Å². The highest BCUT2D eigenvalue weighted by Gasteiger charge is 2.36. The minimum atomic E-state index is -0.846. The third-order valence-electron chi connectivity index (χ3n) is 6.12. The Kier molecular flexibility index (Phi) is 5.84. The minimum Gasteiger partial charge on any atom is -0.467 e. The Morgan fingerprint density at radius 2 is 1.83 bits per heavy atom. The van der Waals surface area contributed by atoms with Gasteiger partial charge in [-0.1, -0.05) is 13.8 Å². The maximum Gasteiger partial charge on any atom is 0.339 e. The molecule has 1 aliphatic rings. The average molecular weight is 416 g/mol. The topological polar surface area (TPSA) is 80.6 Å². The second-order valence-corrected chi connectivity index (χ2v) is 10.3. The molecule has 0 aliphatic carbocycles. The third-order valence-corrected chi connectivity index (χ3v) is 6.12. The number of anilines is 2. The smallest absolute Gasteiger partial charge is 0.339 e. The lowest BCUT2D eigenvalue weighted by molar-refractivity contribution is -0.164. The third kappa shape index (κ3) is 4.29. The van der Waals surface area contributed by atoms with Crippen molar-refractivity contribution in [1.82, 2.24) is 4.98 Å². The number of esters is 1. The van der Waals surface area contributed by atoms with Gasteiger partial charge in [0.05, 0.1) is 29.6 Å². The van der Waals surface area contributed by atoms with E-state index in [0.29, 0.717) is 11.1 Å². The van der Waals surface area contributed by atoms with Gasteiger partial charge in [-0.15, -0.1) is 0 Å². The zero-order valence-corrected chi connectivity index (χ0v) is 19.7. The summed E-state index contributed by atoms with van der Waals surface area (Å²) in [5, 5.41) is 1.04. The van der Waals surface area contributed by atoms with E-state index in [2.05, 4.69) is 29.8 Å². The number of aromatic nitrogens is 1. The number of nitrogen functional groups attached to an aromatic ring is 1. The summed E-state index contributed by atoms with van der Waals surface area (Å²) in [4.78, 5) is 18.7. The van der Waals surface area contributed by atoms with Crippen molar-refractivity contribution in [3.8, 4) is 0 Å². The average Bonchev–Trinajstić information content (AvgIpc) is 3.03. The molecule has 2 heterocycles. The molecule has 1 aliphatic heterocycles. The number of hydrogen-bond acceptors (Lipinski definition) is 5. The van der Waals surface area contributed by atoms with Gasteiger partial charge in [0, 0.05) is 29.7 Å². The molecule has 1 atom stereocenters. The first-order valence-electron chi connectivity index (χ1n) is 10.8. The number of nitrogens with one attached hydrogen (secondary N) is 1. The molecular weight excluding hydrogens is 378 g/mol. The number of nitrogens with two attached hydrogens (primary N) is 1. The number of fused-ring (bicyclic) bond motifs is 1. The van der Waals surface area contributed by atoms with Crippen molar-refractivity contribution in [2.75, 3.05) is 30.8 Å². The molecule has 0 spiro atoms. The summed E-state index contributed by atoms with van der Waals surface area (Å²) >= 11 is 0. The lowest BCUT2D eigenvalue weighted by Crippen LogP contribution is -2.39. The van der Waals surface area contributed by atoms with Crippen LogP contribution in [0.2, 0.25) is 0 Å². The largest absolute Gasteiger partial charge is 0.467 e. The van der Waals surface area contributed by atoms with E-state index < -0.39 is 17.7 Å². The van der Waals surface area contributed by atoms with Crippen LogP contribution in [0.4, 0.5) is 11.4 Å².